The zero-order valence-corrected chi connectivity index (χ0v) is 15.4. The Balaban J connectivity index is 0.00000264. The Morgan fingerprint density at radius 3 is 2.61 bits per heavy atom. The highest BCUT2D eigenvalue weighted by molar-refractivity contribution is 9.10. The Morgan fingerprint density at radius 2 is 1.96 bits per heavy atom. The molecular weight excluding hydrogens is 384 g/mol. The van der Waals surface area contributed by atoms with E-state index in [2.05, 4.69) is 26.6 Å². The van der Waals surface area contributed by atoms with Gasteiger partial charge in [0.1, 0.15) is 18.1 Å². The maximum atomic E-state index is 11.9. The molecule has 0 saturated heterocycles. The van der Waals surface area contributed by atoms with Crippen LogP contribution in [0.4, 0.5) is 0 Å². The van der Waals surface area contributed by atoms with E-state index in [-0.39, 0.29) is 36.7 Å². The molecule has 1 aromatic carbocycles. The summed E-state index contributed by atoms with van der Waals surface area (Å²) in [7, 11) is 1.85. The van der Waals surface area contributed by atoms with Gasteiger partial charge in [-0.05, 0) is 50.4 Å². The molecule has 23 heavy (non-hydrogen) atoms. The maximum absolute atomic E-state index is 11.9. The molecule has 2 aromatic rings. The van der Waals surface area contributed by atoms with Gasteiger partial charge in [-0.2, -0.15) is 0 Å². The van der Waals surface area contributed by atoms with E-state index >= 15 is 0 Å². The largest absolute Gasteiger partial charge is 0.486 e. The lowest BCUT2D eigenvalue weighted by molar-refractivity contribution is 0.0918. The minimum Gasteiger partial charge on any atom is -0.486 e. The van der Waals surface area contributed by atoms with Crippen LogP contribution in [0.1, 0.15) is 23.2 Å². The number of rotatable bonds is 7. The number of likely N-dealkylation sites (N-methyl/N-ethyl adjacent to an activating group) is 1. The topological polar surface area (TPSA) is 63.5 Å². The van der Waals surface area contributed by atoms with Crippen molar-refractivity contribution in [3.05, 3.63) is 52.4 Å². The lowest BCUT2D eigenvalue weighted by Gasteiger charge is -2.10. The standard InChI is InChI=1S/C16H19BrN2O3.ClH/c1-11(18-2)9-19-16(20)15-8-7-14(22-15)10-21-13-5-3-12(17)4-6-13;/h3-8,11,18H,9-10H2,1-2H3,(H,19,20);1H. The van der Waals surface area contributed by atoms with Gasteiger partial charge in [0, 0.05) is 17.1 Å². The van der Waals surface area contributed by atoms with Gasteiger partial charge in [-0.3, -0.25) is 4.79 Å². The summed E-state index contributed by atoms with van der Waals surface area (Å²) in [5.41, 5.74) is 0. The fraction of sp³-hybridized carbons (Fsp3) is 0.312. The van der Waals surface area contributed by atoms with Crippen molar-refractivity contribution in [3.8, 4) is 5.75 Å². The number of hydrogen-bond acceptors (Lipinski definition) is 4. The molecule has 2 rings (SSSR count). The van der Waals surface area contributed by atoms with Gasteiger partial charge in [-0.25, -0.2) is 0 Å². The average Bonchev–Trinajstić information content (AvgIpc) is 3.00. The summed E-state index contributed by atoms with van der Waals surface area (Å²) in [5.74, 6) is 1.41. The molecule has 1 atom stereocenters. The van der Waals surface area contributed by atoms with E-state index in [0.29, 0.717) is 12.3 Å². The normalized spacial score (nSPS) is 11.4. The zero-order chi connectivity index (χ0) is 15.9. The molecule has 2 N–H and O–H groups in total. The Morgan fingerprint density at radius 1 is 1.26 bits per heavy atom. The highest BCUT2D eigenvalue weighted by Gasteiger charge is 2.12. The molecule has 5 nitrogen and oxygen atoms in total. The third-order valence-corrected chi connectivity index (χ3v) is 3.67. The van der Waals surface area contributed by atoms with Gasteiger partial charge in [0.2, 0.25) is 0 Å². The van der Waals surface area contributed by atoms with Crippen LogP contribution in [0.15, 0.2) is 45.3 Å². The van der Waals surface area contributed by atoms with E-state index in [9.17, 15) is 4.79 Å². The minimum atomic E-state index is -0.225. The fourth-order valence-electron chi connectivity index (χ4n) is 1.70. The van der Waals surface area contributed by atoms with Crippen molar-refractivity contribution in [2.24, 2.45) is 0 Å². The number of ether oxygens (including phenoxy) is 1. The van der Waals surface area contributed by atoms with Crippen molar-refractivity contribution in [1.29, 1.82) is 0 Å². The summed E-state index contributed by atoms with van der Waals surface area (Å²) >= 11 is 3.37. The van der Waals surface area contributed by atoms with Crippen molar-refractivity contribution in [2.75, 3.05) is 13.6 Å². The summed E-state index contributed by atoms with van der Waals surface area (Å²) in [6.07, 6.45) is 0. The first-order valence-electron chi connectivity index (χ1n) is 7.01. The molecule has 0 aliphatic heterocycles. The number of carbonyl (C=O) groups is 1. The minimum absolute atomic E-state index is 0. The van der Waals surface area contributed by atoms with Crippen molar-refractivity contribution < 1.29 is 13.9 Å². The van der Waals surface area contributed by atoms with Crippen molar-refractivity contribution in [3.63, 3.8) is 0 Å². The number of halogens is 2. The van der Waals surface area contributed by atoms with Crippen LogP contribution in [0, 0.1) is 0 Å². The summed E-state index contributed by atoms with van der Waals surface area (Å²) in [6, 6.07) is 11.1. The summed E-state index contributed by atoms with van der Waals surface area (Å²) in [5, 5.41) is 5.85. The Hall–Kier alpha value is -1.50. The molecule has 1 aromatic heterocycles. The van der Waals surface area contributed by atoms with Gasteiger partial charge in [-0.1, -0.05) is 15.9 Å². The molecule has 1 amide bonds. The predicted octanol–water partition coefficient (Wildman–Crippen LogP) is 3.38. The molecule has 1 unspecified atom stereocenters. The molecule has 7 heteroatoms. The quantitative estimate of drug-likeness (QED) is 0.744. The van der Waals surface area contributed by atoms with Crippen molar-refractivity contribution in [1.82, 2.24) is 10.6 Å². The highest BCUT2D eigenvalue weighted by Crippen LogP contribution is 2.18. The number of furan rings is 1. The predicted molar refractivity (Wildman–Crippen MR) is 95.3 cm³/mol. The third kappa shape index (κ3) is 6.25. The first kappa shape index (κ1) is 19.5. The van der Waals surface area contributed by atoms with Crippen molar-refractivity contribution >= 4 is 34.2 Å². The van der Waals surface area contributed by atoms with E-state index in [1.807, 2.05) is 38.2 Å². The first-order valence-corrected chi connectivity index (χ1v) is 7.80. The lowest BCUT2D eigenvalue weighted by atomic mass is 10.3. The monoisotopic (exact) mass is 402 g/mol. The van der Waals surface area contributed by atoms with E-state index in [4.69, 9.17) is 9.15 Å². The van der Waals surface area contributed by atoms with E-state index in [0.717, 1.165) is 10.2 Å². The van der Waals surface area contributed by atoms with Crippen LogP contribution in [-0.4, -0.2) is 25.5 Å². The molecule has 126 valence electrons. The van der Waals surface area contributed by atoms with Crippen LogP contribution >= 0.6 is 28.3 Å². The number of hydrogen-bond donors (Lipinski definition) is 2. The summed E-state index contributed by atoms with van der Waals surface area (Å²) in [6.45, 7) is 2.81. The van der Waals surface area contributed by atoms with Gasteiger partial charge in [0.25, 0.3) is 5.91 Å². The van der Waals surface area contributed by atoms with Crippen LogP contribution in [0.2, 0.25) is 0 Å². The number of nitrogens with one attached hydrogen (secondary N) is 2. The second kappa shape index (κ2) is 9.60. The van der Waals surface area contributed by atoms with Crippen molar-refractivity contribution in [2.45, 2.75) is 19.6 Å². The Bertz CT molecular complexity index is 616. The Labute approximate surface area is 150 Å². The summed E-state index contributed by atoms with van der Waals surface area (Å²) in [4.78, 5) is 11.9. The van der Waals surface area contributed by atoms with Gasteiger partial charge in [0.05, 0.1) is 0 Å². The number of carbonyl (C=O) groups excluding carboxylic acids is 1. The second-order valence-corrected chi connectivity index (χ2v) is 5.82. The lowest BCUT2D eigenvalue weighted by Crippen LogP contribution is -2.37. The summed E-state index contributed by atoms with van der Waals surface area (Å²) < 4.78 is 12.1. The molecule has 0 bridgehead atoms. The third-order valence-electron chi connectivity index (χ3n) is 3.14. The van der Waals surface area contributed by atoms with E-state index in [1.54, 1.807) is 12.1 Å². The highest BCUT2D eigenvalue weighted by atomic mass is 79.9. The van der Waals surface area contributed by atoms with Gasteiger partial charge in [0.15, 0.2) is 5.76 Å². The SMILES string of the molecule is CNC(C)CNC(=O)c1ccc(COc2ccc(Br)cc2)o1.Cl. The van der Waals surface area contributed by atoms with Crippen LogP contribution in [0.25, 0.3) is 0 Å². The molecule has 0 spiro atoms. The van der Waals surface area contributed by atoms with E-state index in [1.165, 1.54) is 0 Å². The van der Waals surface area contributed by atoms with Gasteiger partial charge < -0.3 is 19.8 Å². The average molecular weight is 404 g/mol. The second-order valence-electron chi connectivity index (χ2n) is 4.91. The zero-order valence-electron chi connectivity index (χ0n) is 13.0. The molecule has 0 radical (unpaired) electrons. The fourth-order valence-corrected chi connectivity index (χ4v) is 1.96. The molecular formula is C16H20BrClN2O3. The molecule has 0 aliphatic rings. The van der Waals surface area contributed by atoms with Crippen LogP contribution in [0.3, 0.4) is 0 Å². The first-order chi connectivity index (χ1) is 10.6. The number of amides is 1. The van der Waals surface area contributed by atoms with Crippen LogP contribution < -0.4 is 15.4 Å². The molecule has 0 aliphatic carbocycles. The molecule has 0 fully saturated rings. The van der Waals surface area contributed by atoms with Gasteiger partial charge >= 0.3 is 0 Å². The molecule has 0 saturated carbocycles. The van der Waals surface area contributed by atoms with Crippen LogP contribution in [-0.2, 0) is 6.61 Å². The number of benzene rings is 1. The smallest absolute Gasteiger partial charge is 0.287 e. The van der Waals surface area contributed by atoms with Gasteiger partial charge in [-0.15, -0.1) is 12.4 Å². The maximum Gasteiger partial charge on any atom is 0.287 e. The molecule has 1 heterocycles. The Kier molecular flexibility index (Phi) is 8.16. The van der Waals surface area contributed by atoms with E-state index < -0.39 is 0 Å². The van der Waals surface area contributed by atoms with Crippen LogP contribution in [0.5, 0.6) is 5.75 Å².